The van der Waals surface area contributed by atoms with Crippen LogP contribution in [0.2, 0.25) is 0 Å². The lowest BCUT2D eigenvalue weighted by molar-refractivity contribution is -0.122. The smallest absolute Gasteiger partial charge is 0.236 e. The van der Waals surface area contributed by atoms with Gasteiger partial charge in [0.05, 0.1) is 6.04 Å². The molecule has 2 atom stereocenters. The number of carbonyl (C=O) groups excluding carboxylic acids is 1. The molecule has 1 amide bonds. The van der Waals surface area contributed by atoms with E-state index in [9.17, 15) is 4.79 Å². The maximum Gasteiger partial charge on any atom is 0.236 e. The molecule has 0 saturated carbocycles. The van der Waals surface area contributed by atoms with E-state index in [4.69, 9.17) is 5.73 Å². The average Bonchev–Trinajstić information content (AvgIpc) is 2.26. The van der Waals surface area contributed by atoms with Crippen molar-refractivity contribution in [3.63, 3.8) is 0 Å². The molecule has 3 nitrogen and oxygen atoms in total. The fraction of sp³-hybridized carbons (Fsp3) is 0.900. The predicted molar refractivity (Wildman–Crippen MR) is 61.4 cm³/mol. The van der Waals surface area contributed by atoms with Crippen molar-refractivity contribution in [2.24, 2.45) is 5.73 Å². The second-order valence-electron chi connectivity index (χ2n) is 3.75. The van der Waals surface area contributed by atoms with E-state index in [1.807, 2.05) is 18.7 Å². The normalized spacial score (nSPS) is 24.3. The monoisotopic (exact) mass is 216 g/mol. The second-order valence-corrected chi connectivity index (χ2v) is 5.16. The van der Waals surface area contributed by atoms with Crippen molar-refractivity contribution in [1.82, 2.24) is 5.32 Å². The molecule has 0 spiro atoms. The van der Waals surface area contributed by atoms with Crippen molar-refractivity contribution in [2.45, 2.75) is 43.9 Å². The molecule has 2 unspecified atom stereocenters. The molecule has 4 heteroatoms. The van der Waals surface area contributed by atoms with E-state index in [2.05, 4.69) is 5.32 Å². The van der Waals surface area contributed by atoms with Crippen LogP contribution in [0.5, 0.6) is 0 Å². The van der Waals surface area contributed by atoms with Crippen LogP contribution in [0.1, 0.15) is 32.6 Å². The Balaban J connectivity index is 2.15. The van der Waals surface area contributed by atoms with Gasteiger partial charge in [-0.2, -0.15) is 11.8 Å². The Hall–Kier alpha value is -0.220. The molecular weight excluding hydrogens is 196 g/mol. The van der Waals surface area contributed by atoms with Gasteiger partial charge in [0.15, 0.2) is 0 Å². The fourth-order valence-electron chi connectivity index (χ4n) is 1.50. The summed E-state index contributed by atoms with van der Waals surface area (Å²) in [6, 6.07) is -0.330. The van der Waals surface area contributed by atoms with Gasteiger partial charge < -0.3 is 11.1 Å². The number of carbonyl (C=O) groups is 1. The minimum absolute atomic E-state index is 0.00123. The van der Waals surface area contributed by atoms with Crippen molar-refractivity contribution in [3.05, 3.63) is 0 Å². The van der Waals surface area contributed by atoms with Gasteiger partial charge in [0.1, 0.15) is 0 Å². The van der Waals surface area contributed by atoms with E-state index in [1.165, 1.54) is 25.0 Å². The number of amides is 1. The number of nitrogens with one attached hydrogen (secondary N) is 1. The van der Waals surface area contributed by atoms with E-state index >= 15 is 0 Å². The molecule has 0 bridgehead atoms. The van der Waals surface area contributed by atoms with Crippen molar-refractivity contribution in [1.29, 1.82) is 0 Å². The first kappa shape index (κ1) is 11.9. The molecule has 1 heterocycles. The van der Waals surface area contributed by atoms with Crippen molar-refractivity contribution in [3.8, 4) is 0 Å². The van der Waals surface area contributed by atoms with Crippen molar-refractivity contribution >= 4 is 17.7 Å². The Morgan fingerprint density at radius 2 is 2.43 bits per heavy atom. The highest BCUT2D eigenvalue weighted by atomic mass is 32.2. The third-order valence-corrected chi connectivity index (χ3v) is 3.95. The Morgan fingerprint density at radius 1 is 1.64 bits per heavy atom. The summed E-state index contributed by atoms with van der Waals surface area (Å²) in [4.78, 5) is 11.4. The van der Waals surface area contributed by atoms with Crippen LogP contribution in [0.4, 0.5) is 0 Å². The lowest BCUT2D eigenvalue weighted by Crippen LogP contribution is -2.42. The molecular formula is C10H20N2OS. The lowest BCUT2D eigenvalue weighted by atomic mass is 10.2. The van der Waals surface area contributed by atoms with Gasteiger partial charge in [-0.05, 0) is 25.0 Å². The molecule has 0 aromatic carbocycles. The largest absolute Gasteiger partial charge is 0.354 e. The van der Waals surface area contributed by atoms with E-state index in [0.29, 0.717) is 11.7 Å². The molecule has 1 saturated heterocycles. The van der Waals surface area contributed by atoms with E-state index in [1.54, 1.807) is 0 Å². The van der Waals surface area contributed by atoms with Gasteiger partial charge in [0.2, 0.25) is 5.91 Å². The third-order valence-electron chi connectivity index (χ3n) is 2.55. The number of hydrogen-bond donors (Lipinski definition) is 2. The minimum atomic E-state index is -0.330. The first-order chi connectivity index (χ1) is 6.74. The van der Waals surface area contributed by atoms with E-state index in [-0.39, 0.29) is 11.9 Å². The summed E-state index contributed by atoms with van der Waals surface area (Å²) in [7, 11) is 0. The van der Waals surface area contributed by atoms with Gasteiger partial charge in [-0.1, -0.05) is 13.3 Å². The zero-order chi connectivity index (χ0) is 10.4. The molecule has 0 radical (unpaired) electrons. The third kappa shape index (κ3) is 3.88. The predicted octanol–water partition coefficient (Wildman–Crippen LogP) is 1.13. The number of rotatable bonds is 4. The van der Waals surface area contributed by atoms with Crippen LogP contribution in [0.15, 0.2) is 0 Å². The average molecular weight is 216 g/mol. The van der Waals surface area contributed by atoms with Crippen molar-refractivity contribution < 1.29 is 4.79 Å². The molecule has 0 aromatic rings. The quantitative estimate of drug-likeness (QED) is 0.740. The van der Waals surface area contributed by atoms with Gasteiger partial charge >= 0.3 is 0 Å². The minimum Gasteiger partial charge on any atom is -0.354 e. The highest BCUT2D eigenvalue weighted by Gasteiger charge is 2.16. The van der Waals surface area contributed by atoms with Crippen LogP contribution in [-0.2, 0) is 4.79 Å². The van der Waals surface area contributed by atoms with Crippen LogP contribution in [0.3, 0.4) is 0 Å². The molecule has 1 rings (SSSR count). The zero-order valence-corrected chi connectivity index (χ0v) is 9.61. The zero-order valence-electron chi connectivity index (χ0n) is 8.79. The van der Waals surface area contributed by atoms with Crippen LogP contribution in [0.25, 0.3) is 0 Å². The molecule has 1 fully saturated rings. The number of thioether (sulfide) groups is 1. The lowest BCUT2D eigenvalue weighted by Gasteiger charge is -2.22. The van der Waals surface area contributed by atoms with Crippen LogP contribution < -0.4 is 11.1 Å². The molecule has 1 aliphatic rings. The van der Waals surface area contributed by atoms with Crippen LogP contribution in [0, 0.1) is 0 Å². The summed E-state index contributed by atoms with van der Waals surface area (Å²) in [5.74, 6) is 1.24. The Bertz CT molecular complexity index is 181. The van der Waals surface area contributed by atoms with Gasteiger partial charge in [0.25, 0.3) is 0 Å². The van der Waals surface area contributed by atoms with E-state index < -0.39 is 0 Å². The SMILES string of the molecule is CCC(N)C(=O)NCC1CCCCS1. The maximum atomic E-state index is 11.4. The molecule has 82 valence electrons. The number of hydrogen-bond acceptors (Lipinski definition) is 3. The summed E-state index contributed by atoms with van der Waals surface area (Å²) in [5.41, 5.74) is 5.61. The summed E-state index contributed by atoms with van der Waals surface area (Å²) < 4.78 is 0. The molecule has 3 N–H and O–H groups in total. The molecule has 0 aliphatic carbocycles. The Morgan fingerprint density at radius 3 is 3.00 bits per heavy atom. The highest BCUT2D eigenvalue weighted by molar-refractivity contribution is 7.99. The fourth-order valence-corrected chi connectivity index (χ4v) is 2.74. The van der Waals surface area contributed by atoms with Gasteiger partial charge in [-0.25, -0.2) is 0 Å². The van der Waals surface area contributed by atoms with Crippen LogP contribution in [-0.4, -0.2) is 29.5 Å². The summed E-state index contributed by atoms with van der Waals surface area (Å²) in [5, 5.41) is 3.53. The summed E-state index contributed by atoms with van der Waals surface area (Å²) >= 11 is 1.97. The summed E-state index contributed by atoms with van der Waals surface area (Å²) in [6.45, 7) is 2.72. The maximum absolute atomic E-state index is 11.4. The van der Waals surface area contributed by atoms with Crippen LogP contribution >= 0.6 is 11.8 Å². The topological polar surface area (TPSA) is 55.1 Å². The molecule has 1 aliphatic heterocycles. The Labute approximate surface area is 90.2 Å². The standard InChI is InChI=1S/C10H20N2OS/c1-2-9(11)10(13)12-7-8-5-3-4-6-14-8/h8-9H,2-7,11H2,1H3,(H,12,13). The number of nitrogens with two attached hydrogens (primary N) is 1. The highest BCUT2D eigenvalue weighted by Crippen LogP contribution is 2.24. The van der Waals surface area contributed by atoms with E-state index in [0.717, 1.165) is 6.54 Å². The van der Waals surface area contributed by atoms with Gasteiger partial charge in [0, 0.05) is 11.8 Å². The molecule has 14 heavy (non-hydrogen) atoms. The van der Waals surface area contributed by atoms with Crippen molar-refractivity contribution in [2.75, 3.05) is 12.3 Å². The first-order valence-electron chi connectivity index (χ1n) is 5.39. The Kier molecular flexibility index (Phi) is 5.33. The van der Waals surface area contributed by atoms with Gasteiger partial charge in [-0.3, -0.25) is 4.79 Å². The molecule has 0 aromatic heterocycles. The summed E-state index contributed by atoms with van der Waals surface area (Å²) in [6.07, 6.45) is 4.56. The first-order valence-corrected chi connectivity index (χ1v) is 6.43. The second kappa shape index (κ2) is 6.30. The van der Waals surface area contributed by atoms with Gasteiger partial charge in [-0.15, -0.1) is 0 Å².